The molecule has 1 aromatic rings. The molecular weight excluding hydrogens is 492 g/mol. The van der Waals surface area contributed by atoms with Gasteiger partial charge in [-0.2, -0.15) is 24.4 Å². The first-order chi connectivity index (χ1) is 16.5. The Morgan fingerprint density at radius 1 is 1.00 bits per heavy atom. The smallest absolute Gasteiger partial charge is 0.327 e. The maximum absolute atomic E-state index is 13.2. The van der Waals surface area contributed by atoms with Crippen LogP contribution in [0.15, 0.2) is 24.3 Å². The molecule has 0 radical (unpaired) electrons. The number of phenolic OH excluding ortho intramolecular Hbond substituents is 1. The van der Waals surface area contributed by atoms with E-state index in [2.05, 4.69) is 28.6 Å². The lowest BCUT2D eigenvalue weighted by atomic mass is 9.98. The lowest BCUT2D eigenvalue weighted by Crippen LogP contribution is -2.58. The van der Waals surface area contributed by atoms with Gasteiger partial charge in [0.05, 0.1) is 6.04 Å². The van der Waals surface area contributed by atoms with Gasteiger partial charge >= 0.3 is 5.97 Å². The number of carboxylic acid groups (broad SMARTS) is 1. The van der Waals surface area contributed by atoms with Gasteiger partial charge in [0, 0.05) is 12.2 Å². The van der Waals surface area contributed by atoms with Gasteiger partial charge in [0.25, 0.3) is 0 Å². The molecule has 0 heterocycles. The number of amides is 3. The Bertz CT molecular complexity index is 855. The van der Waals surface area contributed by atoms with Crippen LogP contribution >= 0.6 is 24.4 Å². The van der Waals surface area contributed by atoms with E-state index in [1.54, 1.807) is 12.1 Å². The largest absolute Gasteiger partial charge is 0.508 e. The van der Waals surface area contributed by atoms with Crippen molar-refractivity contribution >= 4 is 48.1 Å². The average Bonchev–Trinajstić information content (AvgIpc) is 2.84. The average molecular weight is 529 g/mol. The second-order valence-corrected chi connectivity index (χ2v) is 9.62. The van der Waals surface area contributed by atoms with Crippen LogP contribution in [0, 0.1) is 5.92 Å². The zero-order chi connectivity index (χ0) is 26.5. The molecule has 0 saturated carbocycles. The van der Waals surface area contributed by atoms with Crippen molar-refractivity contribution in [2.75, 3.05) is 17.8 Å². The van der Waals surface area contributed by atoms with Crippen LogP contribution < -0.4 is 21.7 Å². The van der Waals surface area contributed by atoms with Crippen LogP contribution in [0.5, 0.6) is 5.75 Å². The minimum Gasteiger partial charge on any atom is -0.508 e. The summed E-state index contributed by atoms with van der Waals surface area (Å²) >= 11 is 5.42. The highest BCUT2D eigenvalue weighted by atomic mass is 32.2. The number of thiol groups is 1. The molecule has 1 aromatic carbocycles. The van der Waals surface area contributed by atoms with E-state index in [0.29, 0.717) is 17.7 Å². The molecule has 0 aromatic heterocycles. The molecule has 3 amide bonds. The number of carboxylic acids is 1. The molecule has 10 nitrogen and oxygen atoms in total. The molecule has 12 heteroatoms. The maximum Gasteiger partial charge on any atom is 0.327 e. The summed E-state index contributed by atoms with van der Waals surface area (Å²) in [5, 5.41) is 26.5. The molecule has 0 fully saturated rings. The molecule has 196 valence electrons. The van der Waals surface area contributed by atoms with Crippen LogP contribution in [-0.2, 0) is 25.6 Å². The first-order valence-electron chi connectivity index (χ1n) is 11.3. The summed E-state index contributed by atoms with van der Waals surface area (Å²) in [4.78, 5) is 50.0. The first kappa shape index (κ1) is 30.6. The highest BCUT2D eigenvalue weighted by molar-refractivity contribution is 7.98. The van der Waals surface area contributed by atoms with Crippen molar-refractivity contribution in [3.8, 4) is 5.75 Å². The van der Waals surface area contributed by atoms with E-state index >= 15 is 0 Å². The molecular formula is C23H36N4O6S2. The van der Waals surface area contributed by atoms with Crippen molar-refractivity contribution in [3.63, 3.8) is 0 Å². The van der Waals surface area contributed by atoms with Crippen LogP contribution in [0.1, 0.15) is 32.3 Å². The third-order valence-corrected chi connectivity index (χ3v) is 6.62. The van der Waals surface area contributed by atoms with Gasteiger partial charge in [-0.15, -0.1) is 0 Å². The fourth-order valence-corrected chi connectivity index (χ4v) is 3.81. The van der Waals surface area contributed by atoms with Crippen LogP contribution in [0.2, 0.25) is 0 Å². The highest BCUT2D eigenvalue weighted by Crippen LogP contribution is 2.13. The summed E-state index contributed by atoms with van der Waals surface area (Å²) in [7, 11) is 0. The summed E-state index contributed by atoms with van der Waals surface area (Å²) in [6, 6.07) is 2.09. The molecule has 7 N–H and O–H groups in total. The van der Waals surface area contributed by atoms with Crippen molar-refractivity contribution in [2.45, 2.75) is 57.3 Å². The standard InChI is InChI=1S/C23H36N4O6S2/c1-4-13(2)19(24)22(31)26-17(11-14-5-7-15(28)8-6-14)21(30)25-16(9-10-35-3)20(29)27-18(12-34)23(32)33/h5-8,13,16-19,28,34H,4,9-12,24H2,1-3H3,(H,25,30)(H,26,31)(H,27,29)(H,32,33). The van der Waals surface area contributed by atoms with Gasteiger partial charge in [0.15, 0.2) is 0 Å². The number of carbonyl (C=O) groups excluding carboxylic acids is 3. The van der Waals surface area contributed by atoms with Crippen molar-refractivity contribution in [1.82, 2.24) is 16.0 Å². The fraction of sp³-hybridized carbons (Fsp3) is 0.565. The number of aromatic hydroxyl groups is 1. The first-order valence-corrected chi connectivity index (χ1v) is 13.3. The number of rotatable bonds is 15. The Labute approximate surface area is 215 Å². The van der Waals surface area contributed by atoms with Gasteiger partial charge in [-0.25, -0.2) is 4.79 Å². The van der Waals surface area contributed by atoms with Gasteiger partial charge in [0.2, 0.25) is 17.7 Å². The van der Waals surface area contributed by atoms with E-state index in [1.165, 1.54) is 23.9 Å². The van der Waals surface area contributed by atoms with E-state index in [1.807, 2.05) is 20.1 Å². The van der Waals surface area contributed by atoms with Crippen LogP contribution in [0.4, 0.5) is 0 Å². The van der Waals surface area contributed by atoms with E-state index in [-0.39, 0.29) is 30.3 Å². The summed E-state index contributed by atoms with van der Waals surface area (Å²) in [6.45, 7) is 3.74. The van der Waals surface area contributed by atoms with E-state index in [4.69, 9.17) is 5.73 Å². The van der Waals surface area contributed by atoms with Gasteiger partial charge in [0.1, 0.15) is 23.9 Å². The number of hydrogen-bond donors (Lipinski definition) is 7. The lowest BCUT2D eigenvalue weighted by molar-refractivity contribution is -0.141. The topological polar surface area (TPSA) is 171 Å². The summed E-state index contributed by atoms with van der Waals surface area (Å²) in [5.41, 5.74) is 6.71. The number of nitrogens with one attached hydrogen (secondary N) is 3. The van der Waals surface area contributed by atoms with Crippen LogP contribution in [0.25, 0.3) is 0 Å². The summed E-state index contributed by atoms with van der Waals surface area (Å²) in [6.07, 6.45) is 2.87. The van der Waals surface area contributed by atoms with E-state index < -0.39 is 47.9 Å². The predicted octanol–water partition coefficient (Wildman–Crippen LogP) is 0.530. The Balaban J connectivity index is 3.11. The number of thioether (sulfide) groups is 1. The van der Waals surface area contributed by atoms with Crippen molar-refractivity contribution in [3.05, 3.63) is 29.8 Å². The Morgan fingerprint density at radius 2 is 1.54 bits per heavy atom. The Hall–Kier alpha value is -2.44. The van der Waals surface area contributed by atoms with Gasteiger partial charge in [-0.05, 0) is 42.0 Å². The Morgan fingerprint density at radius 3 is 2.06 bits per heavy atom. The summed E-state index contributed by atoms with van der Waals surface area (Å²) in [5.74, 6) is -2.63. The predicted molar refractivity (Wildman–Crippen MR) is 140 cm³/mol. The zero-order valence-electron chi connectivity index (χ0n) is 20.2. The number of nitrogens with two attached hydrogens (primary N) is 1. The van der Waals surface area contributed by atoms with Crippen molar-refractivity contribution < 1.29 is 29.4 Å². The molecule has 0 aliphatic carbocycles. The maximum atomic E-state index is 13.2. The molecule has 0 aliphatic rings. The number of carbonyl (C=O) groups is 4. The van der Waals surface area contributed by atoms with E-state index in [9.17, 15) is 29.4 Å². The number of phenols is 1. The van der Waals surface area contributed by atoms with Crippen molar-refractivity contribution in [2.24, 2.45) is 11.7 Å². The molecule has 0 spiro atoms. The SMILES string of the molecule is CCC(C)C(N)C(=O)NC(Cc1ccc(O)cc1)C(=O)NC(CCSC)C(=O)NC(CS)C(=O)O. The highest BCUT2D eigenvalue weighted by Gasteiger charge is 2.30. The van der Waals surface area contributed by atoms with Gasteiger partial charge in [-0.3, -0.25) is 14.4 Å². The minimum absolute atomic E-state index is 0.0588. The molecule has 0 saturated heterocycles. The molecule has 5 atom stereocenters. The van der Waals surface area contributed by atoms with Crippen molar-refractivity contribution in [1.29, 1.82) is 0 Å². The number of benzene rings is 1. The molecule has 0 bridgehead atoms. The van der Waals surface area contributed by atoms with Crippen LogP contribution in [0.3, 0.4) is 0 Å². The number of hydrogen-bond acceptors (Lipinski definition) is 8. The minimum atomic E-state index is -1.24. The zero-order valence-corrected chi connectivity index (χ0v) is 21.9. The molecule has 5 unspecified atom stereocenters. The van der Waals surface area contributed by atoms with Gasteiger partial charge in [-0.1, -0.05) is 32.4 Å². The normalized spacial score (nSPS) is 15.2. The monoisotopic (exact) mass is 528 g/mol. The molecule has 1 rings (SSSR count). The molecule has 0 aliphatic heterocycles. The van der Waals surface area contributed by atoms with E-state index in [0.717, 1.165) is 0 Å². The van der Waals surface area contributed by atoms with Gasteiger partial charge < -0.3 is 31.9 Å². The Kier molecular flexibility index (Phi) is 13.6. The third kappa shape index (κ3) is 10.4. The second kappa shape index (κ2) is 15.5. The fourth-order valence-electron chi connectivity index (χ4n) is 3.09. The molecule has 35 heavy (non-hydrogen) atoms. The summed E-state index contributed by atoms with van der Waals surface area (Å²) < 4.78 is 0. The lowest BCUT2D eigenvalue weighted by Gasteiger charge is -2.26. The quantitative estimate of drug-likeness (QED) is 0.162. The van der Waals surface area contributed by atoms with Crippen LogP contribution in [-0.4, -0.2) is 75.8 Å². The number of aliphatic carboxylic acids is 1. The third-order valence-electron chi connectivity index (χ3n) is 5.61. The second-order valence-electron chi connectivity index (χ2n) is 8.27.